The van der Waals surface area contributed by atoms with Gasteiger partial charge in [-0.05, 0) is 44.0 Å². The van der Waals surface area contributed by atoms with Gasteiger partial charge in [0, 0.05) is 25.5 Å². The van der Waals surface area contributed by atoms with Gasteiger partial charge in [-0.2, -0.15) is 0 Å². The van der Waals surface area contributed by atoms with E-state index in [-0.39, 0.29) is 11.9 Å². The van der Waals surface area contributed by atoms with Crippen LogP contribution in [-0.4, -0.2) is 31.0 Å². The Morgan fingerprint density at radius 1 is 1.04 bits per heavy atom. The van der Waals surface area contributed by atoms with Gasteiger partial charge in [-0.25, -0.2) is 0 Å². The highest BCUT2D eigenvalue weighted by Crippen LogP contribution is 2.12. The van der Waals surface area contributed by atoms with Gasteiger partial charge in [0.15, 0.2) is 0 Å². The highest BCUT2D eigenvalue weighted by atomic mass is 16.5. The van der Waals surface area contributed by atoms with Crippen LogP contribution in [0.1, 0.15) is 49.9 Å². The molecule has 0 bridgehead atoms. The number of hydrogen-bond donors (Lipinski definition) is 1. The van der Waals surface area contributed by atoms with Crippen molar-refractivity contribution in [2.45, 2.75) is 39.5 Å². The molecule has 1 rings (SSSR count). The molecule has 0 unspecified atom stereocenters. The Hall–Kier alpha value is -2.37. The first-order chi connectivity index (χ1) is 11.0. The Morgan fingerprint density at radius 2 is 1.74 bits per heavy atom. The van der Waals surface area contributed by atoms with Crippen molar-refractivity contribution in [3.8, 4) is 5.75 Å². The fourth-order valence-corrected chi connectivity index (χ4v) is 1.95. The van der Waals surface area contributed by atoms with Gasteiger partial charge in [0.05, 0.1) is 6.61 Å². The first-order valence-electron chi connectivity index (χ1n) is 7.75. The maximum Gasteiger partial charge on any atom is 0.308 e. The number of hydrogen-bond acceptors (Lipinski definition) is 5. The molecule has 6 nitrogen and oxygen atoms in total. The van der Waals surface area contributed by atoms with Crippen LogP contribution in [-0.2, 0) is 14.3 Å². The molecule has 0 aliphatic heterocycles. The van der Waals surface area contributed by atoms with E-state index >= 15 is 0 Å². The molecule has 1 aromatic rings. The van der Waals surface area contributed by atoms with Crippen molar-refractivity contribution in [1.29, 1.82) is 0 Å². The third-order valence-electron chi connectivity index (χ3n) is 3.03. The first-order valence-corrected chi connectivity index (χ1v) is 7.75. The molecule has 1 amide bonds. The predicted octanol–water partition coefficient (Wildman–Crippen LogP) is 2.47. The zero-order chi connectivity index (χ0) is 17.1. The number of amides is 1. The summed E-state index contributed by atoms with van der Waals surface area (Å²) in [4.78, 5) is 33.9. The molecule has 126 valence electrons. The molecule has 0 radical (unpaired) electrons. The van der Waals surface area contributed by atoms with E-state index in [1.165, 1.54) is 6.92 Å². The molecule has 0 aliphatic rings. The van der Waals surface area contributed by atoms with Gasteiger partial charge >= 0.3 is 11.9 Å². The highest BCUT2D eigenvalue weighted by Gasteiger charge is 2.06. The molecule has 0 saturated heterocycles. The Bertz CT molecular complexity index is 524. The number of carbonyl (C=O) groups is 3. The monoisotopic (exact) mass is 321 g/mol. The number of benzene rings is 1. The van der Waals surface area contributed by atoms with Gasteiger partial charge in [0.2, 0.25) is 0 Å². The van der Waals surface area contributed by atoms with Crippen LogP contribution in [0, 0.1) is 0 Å². The molecular formula is C17H23NO5. The van der Waals surface area contributed by atoms with E-state index in [1.54, 1.807) is 31.2 Å². The van der Waals surface area contributed by atoms with Crippen LogP contribution in [0.15, 0.2) is 24.3 Å². The number of rotatable bonds is 9. The van der Waals surface area contributed by atoms with Crippen LogP contribution < -0.4 is 10.1 Å². The van der Waals surface area contributed by atoms with E-state index in [0.717, 1.165) is 19.3 Å². The second kappa shape index (κ2) is 10.4. The maximum absolute atomic E-state index is 11.9. The molecule has 0 heterocycles. The molecule has 0 fully saturated rings. The Balaban J connectivity index is 2.21. The minimum absolute atomic E-state index is 0.176. The van der Waals surface area contributed by atoms with E-state index in [0.29, 0.717) is 30.9 Å². The van der Waals surface area contributed by atoms with Crippen molar-refractivity contribution in [3.63, 3.8) is 0 Å². The Morgan fingerprint density at radius 3 is 2.35 bits per heavy atom. The summed E-state index contributed by atoms with van der Waals surface area (Å²) in [7, 11) is 0. The minimum atomic E-state index is -0.398. The Labute approximate surface area is 136 Å². The van der Waals surface area contributed by atoms with Gasteiger partial charge in [0.1, 0.15) is 5.75 Å². The normalized spacial score (nSPS) is 10.0. The number of ether oxygens (including phenoxy) is 2. The van der Waals surface area contributed by atoms with Crippen molar-refractivity contribution in [2.24, 2.45) is 0 Å². The zero-order valence-corrected chi connectivity index (χ0v) is 13.6. The summed E-state index contributed by atoms with van der Waals surface area (Å²) in [5, 5.41) is 2.81. The Kier molecular flexibility index (Phi) is 8.42. The van der Waals surface area contributed by atoms with Crippen molar-refractivity contribution in [1.82, 2.24) is 5.32 Å². The topological polar surface area (TPSA) is 81.7 Å². The number of carbonyl (C=O) groups excluding carboxylic acids is 3. The second-order valence-corrected chi connectivity index (χ2v) is 4.99. The third-order valence-corrected chi connectivity index (χ3v) is 3.03. The van der Waals surface area contributed by atoms with Crippen molar-refractivity contribution in [3.05, 3.63) is 29.8 Å². The molecule has 0 saturated carbocycles. The van der Waals surface area contributed by atoms with E-state index in [4.69, 9.17) is 9.47 Å². The summed E-state index contributed by atoms with van der Waals surface area (Å²) in [6.07, 6.45) is 2.83. The SMILES string of the molecule is CCOC(=O)CCCCCNC(=O)c1ccc(OC(C)=O)cc1. The largest absolute Gasteiger partial charge is 0.466 e. The van der Waals surface area contributed by atoms with Gasteiger partial charge in [-0.3, -0.25) is 14.4 Å². The van der Waals surface area contributed by atoms with E-state index in [9.17, 15) is 14.4 Å². The van der Waals surface area contributed by atoms with E-state index < -0.39 is 5.97 Å². The molecule has 0 atom stereocenters. The average Bonchev–Trinajstić information content (AvgIpc) is 2.51. The summed E-state index contributed by atoms with van der Waals surface area (Å²) in [5.74, 6) is -0.341. The molecule has 1 aromatic carbocycles. The molecule has 6 heteroatoms. The fraction of sp³-hybridized carbons (Fsp3) is 0.471. The summed E-state index contributed by atoms with van der Waals surface area (Å²) in [6, 6.07) is 6.37. The standard InChI is InChI=1S/C17H23NO5/c1-3-22-16(20)7-5-4-6-12-18-17(21)14-8-10-15(11-9-14)23-13(2)19/h8-11H,3-7,12H2,1-2H3,(H,18,21). The lowest BCUT2D eigenvalue weighted by atomic mass is 10.2. The van der Waals surface area contributed by atoms with Crippen LogP contribution in [0.3, 0.4) is 0 Å². The smallest absolute Gasteiger partial charge is 0.308 e. The van der Waals surface area contributed by atoms with E-state index in [2.05, 4.69) is 5.32 Å². The number of nitrogens with one attached hydrogen (secondary N) is 1. The van der Waals surface area contributed by atoms with Gasteiger partial charge in [-0.15, -0.1) is 0 Å². The average molecular weight is 321 g/mol. The van der Waals surface area contributed by atoms with Crippen molar-refractivity contribution < 1.29 is 23.9 Å². The summed E-state index contributed by atoms with van der Waals surface area (Å²) < 4.78 is 9.74. The van der Waals surface area contributed by atoms with Crippen LogP contribution in [0.2, 0.25) is 0 Å². The molecule has 1 N–H and O–H groups in total. The van der Waals surface area contributed by atoms with Crippen LogP contribution in [0.4, 0.5) is 0 Å². The predicted molar refractivity (Wildman–Crippen MR) is 85.2 cm³/mol. The number of unbranched alkanes of at least 4 members (excludes halogenated alkanes) is 2. The van der Waals surface area contributed by atoms with Gasteiger partial charge in [0.25, 0.3) is 5.91 Å². The van der Waals surface area contributed by atoms with Gasteiger partial charge < -0.3 is 14.8 Å². The summed E-state index contributed by atoms with van der Waals surface area (Å²) >= 11 is 0. The first kappa shape index (κ1) is 18.7. The minimum Gasteiger partial charge on any atom is -0.466 e. The van der Waals surface area contributed by atoms with E-state index in [1.807, 2.05) is 0 Å². The molecule has 0 aromatic heterocycles. The lowest BCUT2D eigenvalue weighted by molar-refractivity contribution is -0.143. The van der Waals surface area contributed by atoms with Crippen molar-refractivity contribution in [2.75, 3.05) is 13.2 Å². The molecular weight excluding hydrogens is 298 g/mol. The van der Waals surface area contributed by atoms with Crippen LogP contribution >= 0.6 is 0 Å². The summed E-state index contributed by atoms with van der Waals surface area (Å²) in [6.45, 7) is 4.06. The molecule has 0 aliphatic carbocycles. The van der Waals surface area contributed by atoms with Crippen LogP contribution in [0.5, 0.6) is 5.75 Å². The zero-order valence-electron chi connectivity index (χ0n) is 13.6. The third kappa shape index (κ3) is 7.99. The summed E-state index contributed by atoms with van der Waals surface area (Å²) in [5.41, 5.74) is 0.507. The lowest BCUT2D eigenvalue weighted by Gasteiger charge is -2.06. The fourth-order valence-electron chi connectivity index (χ4n) is 1.95. The molecule has 23 heavy (non-hydrogen) atoms. The lowest BCUT2D eigenvalue weighted by Crippen LogP contribution is -2.24. The second-order valence-electron chi connectivity index (χ2n) is 4.99. The maximum atomic E-state index is 11.9. The molecule has 0 spiro atoms. The quantitative estimate of drug-likeness (QED) is 0.429. The van der Waals surface area contributed by atoms with Gasteiger partial charge in [-0.1, -0.05) is 6.42 Å². The van der Waals surface area contributed by atoms with Crippen LogP contribution in [0.25, 0.3) is 0 Å². The highest BCUT2D eigenvalue weighted by molar-refractivity contribution is 5.94. The van der Waals surface area contributed by atoms with Crippen molar-refractivity contribution >= 4 is 17.8 Å². The number of esters is 2.